The summed E-state index contributed by atoms with van der Waals surface area (Å²) in [6, 6.07) is 4.01. The predicted molar refractivity (Wildman–Crippen MR) is 59.7 cm³/mol. The molecule has 3 N–H and O–H groups in total. The van der Waals surface area contributed by atoms with E-state index in [1.807, 2.05) is 0 Å². The van der Waals surface area contributed by atoms with Crippen LogP contribution in [0.1, 0.15) is 0 Å². The number of nitrogens with one attached hydrogen (secondary N) is 1. The highest BCUT2D eigenvalue weighted by Crippen LogP contribution is 2.23. The number of anilines is 1. The maximum Gasteiger partial charge on any atom is 0.251 e. The Balaban J connectivity index is 2.99. The highest BCUT2D eigenvalue weighted by molar-refractivity contribution is 9.10. The van der Waals surface area contributed by atoms with E-state index in [1.165, 1.54) is 18.2 Å². The van der Waals surface area contributed by atoms with E-state index in [0.717, 1.165) is 0 Å². The van der Waals surface area contributed by atoms with Crippen LogP contribution in [0, 0.1) is 0 Å². The minimum atomic E-state index is -3.94. The SMILES string of the molecule is Nc1ccc(S(=O)(=O)NCC(F)F)c(Br)c1. The molecule has 0 bridgehead atoms. The minimum absolute atomic E-state index is 0.123. The lowest BCUT2D eigenvalue weighted by molar-refractivity contribution is 0.153. The van der Waals surface area contributed by atoms with Crippen LogP contribution in [-0.4, -0.2) is 21.4 Å². The number of alkyl halides is 2. The molecular weight excluding hydrogens is 306 g/mol. The first-order chi connectivity index (χ1) is 7.33. The first-order valence-electron chi connectivity index (χ1n) is 4.16. The molecule has 4 nitrogen and oxygen atoms in total. The van der Waals surface area contributed by atoms with Gasteiger partial charge in [0.05, 0.1) is 11.4 Å². The van der Waals surface area contributed by atoms with Crippen molar-refractivity contribution in [3.05, 3.63) is 22.7 Å². The molecule has 0 heterocycles. The van der Waals surface area contributed by atoms with Crippen LogP contribution >= 0.6 is 15.9 Å². The number of halogens is 3. The second-order valence-electron chi connectivity index (χ2n) is 2.93. The van der Waals surface area contributed by atoms with Crippen LogP contribution in [0.5, 0.6) is 0 Å². The van der Waals surface area contributed by atoms with Crippen molar-refractivity contribution in [1.29, 1.82) is 0 Å². The fourth-order valence-corrected chi connectivity index (χ4v) is 3.09. The largest absolute Gasteiger partial charge is 0.399 e. The highest BCUT2D eigenvalue weighted by atomic mass is 79.9. The van der Waals surface area contributed by atoms with E-state index in [1.54, 1.807) is 4.72 Å². The minimum Gasteiger partial charge on any atom is -0.399 e. The Morgan fingerprint density at radius 2 is 2.06 bits per heavy atom. The van der Waals surface area contributed by atoms with Gasteiger partial charge in [-0.1, -0.05) is 0 Å². The summed E-state index contributed by atoms with van der Waals surface area (Å²) >= 11 is 3.00. The molecular formula is C8H9BrF2N2O2S. The second kappa shape index (κ2) is 5.07. The van der Waals surface area contributed by atoms with E-state index >= 15 is 0 Å². The normalized spacial score (nSPS) is 12.0. The van der Waals surface area contributed by atoms with Crippen LogP contribution in [0.4, 0.5) is 14.5 Å². The summed E-state index contributed by atoms with van der Waals surface area (Å²) in [6.07, 6.45) is -2.73. The molecule has 0 radical (unpaired) electrons. The van der Waals surface area contributed by atoms with Gasteiger partial charge < -0.3 is 5.73 Å². The fourth-order valence-electron chi connectivity index (χ4n) is 0.985. The average Bonchev–Trinajstić information content (AvgIpc) is 2.14. The number of hydrogen-bond acceptors (Lipinski definition) is 3. The third-order valence-corrected chi connectivity index (χ3v) is 4.07. The summed E-state index contributed by atoms with van der Waals surface area (Å²) in [5.74, 6) is 0. The van der Waals surface area contributed by atoms with E-state index in [0.29, 0.717) is 5.69 Å². The van der Waals surface area contributed by atoms with Crippen molar-refractivity contribution < 1.29 is 17.2 Å². The van der Waals surface area contributed by atoms with Gasteiger partial charge in [-0.25, -0.2) is 21.9 Å². The average molecular weight is 315 g/mol. The lowest BCUT2D eigenvalue weighted by Crippen LogP contribution is -2.28. The van der Waals surface area contributed by atoms with Crippen LogP contribution < -0.4 is 10.5 Å². The number of nitrogen functional groups attached to an aromatic ring is 1. The van der Waals surface area contributed by atoms with Crippen LogP contribution in [0.15, 0.2) is 27.6 Å². The van der Waals surface area contributed by atoms with Crippen LogP contribution in [0.2, 0.25) is 0 Å². The Labute approximate surface area is 100 Å². The maximum absolute atomic E-state index is 11.9. The predicted octanol–water partition coefficient (Wildman–Crippen LogP) is 1.57. The molecule has 0 spiro atoms. The first kappa shape index (κ1) is 13.3. The Hall–Kier alpha value is -0.730. The van der Waals surface area contributed by atoms with Gasteiger partial charge in [-0.3, -0.25) is 0 Å². The zero-order chi connectivity index (χ0) is 12.3. The molecule has 0 aliphatic carbocycles. The third-order valence-electron chi connectivity index (χ3n) is 1.67. The Morgan fingerprint density at radius 1 is 1.44 bits per heavy atom. The quantitative estimate of drug-likeness (QED) is 0.829. The summed E-state index contributed by atoms with van der Waals surface area (Å²) in [5, 5.41) is 0. The summed E-state index contributed by atoms with van der Waals surface area (Å²) in [5.41, 5.74) is 5.80. The molecule has 1 aromatic rings. The maximum atomic E-state index is 11.9. The van der Waals surface area contributed by atoms with Crippen molar-refractivity contribution in [2.45, 2.75) is 11.3 Å². The zero-order valence-electron chi connectivity index (χ0n) is 7.95. The van der Waals surface area contributed by atoms with E-state index in [2.05, 4.69) is 15.9 Å². The summed E-state index contributed by atoms with van der Waals surface area (Å²) in [4.78, 5) is -0.123. The smallest absolute Gasteiger partial charge is 0.251 e. The van der Waals surface area contributed by atoms with Gasteiger partial charge in [-0.05, 0) is 34.1 Å². The fraction of sp³-hybridized carbons (Fsp3) is 0.250. The molecule has 90 valence electrons. The number of nitrogens with two attached hydrogens (primary N) is 1. The Kier molecular flexibility index (Phi) is 4.22. The van der Waals surface area contributed by atoms with Gasteiger partial charge in [0, 0.05) is 10.2 Å². The van der Waals surface area contributed by atoms with E-state index in [4.69, 9.17) is 5.73 Å². The van der Waals surface area contributed by atoms with Crippen molar-refractivity contribution >= 4 is 31.6 Å². The second-order valence-corrected chi connectivity index (χ2v) is 5.52. The summed E-state index contributed by atoms with van der Waals surface area (Å²) in [7, 11) is -3.94. The number of hydrogen-bond donors (Lipinski definition) is 2. The van der Waals surface area contributed by atoms with Gasteiger partial charge in [-0.2, -0.15) is 0 Å². The topological polar surface area (TPSA) is 72.2 Å². The van der Waals surface area contributed by atoms with Crippen molar-refractivity contribution in [3.8, 4) is 0 Å². The van der Waals surface area contributed by atoms with Crippen LogP contribution in [0.3, 0.4) is 0 Å². The van der Waals surface area contributed by atoms with Crippen molar-refractivity contribution in [1.82, 2.24) is 4.72 Å². The molecule has 0 atom stereocenters. The van der Waals surface area contributed by atoms with E-state index in [-0.39, 0.29) is 9.37 Å². The lowest BCUT2D eigenvalue weighted by atomic mass is 10.3. The van der Waals surface area contributed by atoms with Crippen molar-refractivity contribution in [2.24, 2.45) is 0 Å². The number of rotatable bonds is 4. The summed E-state index contributed by atoms with van der Waals surface area (Å²) in [6.45, 7) is -0.918. The van der Waals surface area contributed by atoms with Gasteiger partial charge in [0.1, 0.15) is 0 Å². The van der Waals surface area contributed by atoms with Gasteiger partial charge in [-0.15, -0.1) is 0 Å². The van der Waals surface area contributed by atoms with Crippen molar-refractivity contribution in [2.75, 3.05) is 12.3 Å². The third kappa shape index (κ3) is 3.39. The van der Waals surface area contributed by atoms with Crippen LogP contribution in [-0.2, 0) is 10.0 Å². The van der Waals surface area contributed by atoms with Gasteiger partial charge in [0.2, 0.25) is 10.0 Å². The first-order valence-corrected chi connectivity index (χ1v) is 6.43. The number of sulfonamides is 1. The molecule has 0 saturated heterocycles. The molecule has 16 heavy (non-hydrogen) atoms. The molecule has 0 saturated carbocycles. The monoisotopic (exact) mass is 314 g/mol. The van der Waals surface area contributed by atoms with E-state index in [9.17, 15) is 17.2 Å². The highest BCUT2D eigenvalue weighted by Gasteiger charge is 2.18. The Morgan fingerprint density at radius 3 is 2.56 bits per heavy atom. The molecule has 0 fully saturated rings. The molecule has 1 rings (SSSR count). The molecule has 0 aliphatic rings. The van der Waals surface area contributed by atoms with Gasteiger partial charge in [0.15, 0.2) is 0 Å². The van der Waals surface area contributed by atoms with Gasteiger partial charge >= 0.3 is 0 Å². The standard InChI is InChI=1S/C8H9BrF2N2O2S/c9-6-3-5(12)1-2-7(6)16(14,15)13-4-8(10)11/h1-3,8,13H,4,12H2. The number of benzene rings is 1. The zero-order valence-corrected chi connectivity index (χ0v) is 10.4. The molecule has 0 aromatic heterocycles. The molecule has 0 unspecified atom stereocenters. The molecule has 8 heteroatoms. The van der Waals surface area contributed by atoms with Gasteiger partial charge in [0.25, 0.3) is 6.43 Å². The molecule has 0 aliphatic heterocycles. The van der Waals surface area contributed by atoms with E-state index < -0.39 is 23.0 Å². The molecule has 0 amide bonds. The summed E-state index contributed by atoms with van der Waals surface area (Å²) < 4.78 is 48.9. The Bertz CT molecular complexity index is 479. The lowest BCUT2D eigenvalue weighted by Gasteiger charge is -2.08. The van der Waals surface area contributed by atoms with Crippen LogP contribution in [0.25, 0.3) is 0 Å². The molecule has 1 aromatic carbocycles. The van der Waals surface area contributed by atoms with Crippen molar-refractivity contribution in [3.63, 3.8) is 0 Å².